The molecule has 0 spiro atoms. The molecule has 0 atom stereocenters. The van der Waals surface area contributed by atoms with Gasteiger partial charge in [0.2, 0.25) is 0 Å². The first-order valence-electron chi connectivity index (χ1n) is 9.37. The van der Waals surface area contributed by atoms with E-state index in [0.29, 0.717) is 11.5 Å². The Morgan fingerprint density at radius 3 is 2.80 bits per heavy atom. The highest BCUT2D eigenvalue weighted by atomic mass is 15.2. The fraction of sp³-hybridized carbons (Fsp3) is 0.600. The number of aromatic nitrogens is 2. The third-order valence-corrected chi connectivity index (χ3v) is 5.30. The summed E-state index contributed by atoms with van der Waals surface area (Å²) in [5.41, 5.74) is 3.86. The van der Waals surface area contributed by atoms with Gasteiger partial charge < -0.3 is 15.0 Å². The zero-order valence-electron chi connectivity index (χ0n) is 16.0. The van der Waals surface area contributed by atoms with Crippen LogP contribution in [-0.2, 0) is 6.42 Å². The van der Waals surface area contributed by atoms with Crippen molar-refractivity contribution < 1.29 is 0 Å². The summed E-state index contributed by atoms with van der Waals surface area (Å²) in [7, 11) is 1.84. The number of nitrogens with one attached hydrogen (secondary N) is 2. The molecule has 0 saturated heterocycles. The molecule has 0 aliphatic heterocycles. The second kappa shape index (κ2) is 7.46. The van der Waals surface area contributed by atoms with Crippen LogP contribution in [0, 0.1) is 12.3 Å². The van der Waals surface area contributed by atoms with E-state index >= 15 is 0 Å². The molecular weight excluding hydrogens is 310 g/mol. The van der Waals surface area contributed by atoms with Crippen LogP contribution in [0.2, 0.25) is 0 Å². The molecular formula is C20H31N5. The average Bonchev–Trinajstić information content (AvgIpc) is 3.00. The van der Waals surface area contributed by atoms with Gasteiger partial charge >= 0.3 is 0 Å². The van der Waals surface area contributed by atoms with Crippen molar-refractivity contribution in [3.8, 4) is 0 Å². The number of imidazole rings is 1. The smallest absolute Gasteiger partial charge is 0.191 e. The highest BCUT2D eigenvalue weighted by Gasteiger charge is 2.27. The Labute approximate surface area is 151 Å². The lowest BCUT2D eigenvalue weighted by Crippen LogP contribution is -2.46. The van der Waals surface area contributed by atoms with Crippen molar-refractivity contribution in [2.75, 3.05) is 13.6 Å². The van der Waals surface area contributed by atoms with E-state index in [1.165, 1.54) is 31.2 Å². The van der Waals surface area contributed by atoms with Gasteiger partial charge in [0.25, 0.3) is 0 Å². The Morgan fingerprint density at radius 2 is 2.12 bits per heavy atom. The lowest BCUT2D eigenvalue weighted by molar-refractivity contribution is 0.216. The topological polar surface area (TPSA) is 53.7 Å². The second-order valence-corrected chi connectivity index (χ2v) is 7.99. The Morgan fingerprint density at radius 1 is 1.36 bits per heavy atom. The third-order valence-electron chi connectivity index (χ3n) is 5.30. The van der Waals surface area contributed by atoms with E-state index in [-0.39, 0.29) is 0 Å². The summed E-state index contributed by atoms with van der Waals surface area (Å²) in [4.78, 5) is 9.10. The molecule has 0 unspecified atom stereocenters. The number of nitrogens with zero attached hydrogens (tertiary/aromatic N) is 3. The predicted molar refractivity (Wildman–Crippen MR) is 104 cm³/mol. The van der Waals surface area contributed by atoms with Crippen LogP contribution < -0.4 is 10.6 Å². The quantitative estimate of drug-likeness (QED) is 0.662. The molecule has 1 fully saturated rings. The summed E-state index contributed by atoms with van der Waals surface area (Å²) < 4.78 is 2.10. The molecule has 1 saturated carbocycles. The van der Waals surface area contributed by atoms with Crippen molar-refractivity contribution in [1.29, 1.82) is 0 Å². The van der Waals surface area contributed by atoms with Gasteiger partial charge in [-0.15, -0.1) is 0 Å². The fourth-order valence-electron chi connectivity index (χ4n) is 3.57. The van der Waals surface area contributed by atoms with Crippen molar-refractivity contribution in [1.82, 2.24) is 20.0 Å². The molecule has 5 nitrogen and oxygen atoms in total. The van der Waals surface area contributed by atoms with E-state index in [2.05, 4.69) is 65.3 Å². The minimum atomic E-state index is 0.496. The number of aryl methyl sites for hydroxylation is 1. The van der Waals surface area contributed by atoms with E-state index in [1.807, 2.05) is 7.05 Å². The van der Waals surface area contributed by atoms with E-state index in [9.17, 15) is 0 Å². The number of hydrogen-bond donors (Lipinski definition) is 2. The number of rotatable bonds is 4. The van der Waals surface area contributed by atoms with E-state index in [0.717, 1.165) is 30.3 Å². The zero-order valence-corrected chi connectivity index (χ0v) is 16.0. The monoisotopic (exact) mass is 341 g/mol. The minimum absolute atomic E-state index is 0.496. The summed E-state index contributed by atoms with van der Waals surface area (Å²) in [6.07, 6.45) is 10.1. The molecule has 2 N–H and O–H groups in total. The van der Waals surface area contributed by atoms with Crippen molar-refractivity contribution in [2.24, 2.45) is 10.4 Å². The van der Waals surface area contributed by atoms with Crippen LogP contribution in [0.1, 0.15) is 50.8 Å². The van der Waals surface area contributed by atoms with Crippen molar-refractivity contribution >= 4 is 11.6 Å². The molecule has 2 aromatic heterocycles. The van der Waals surface area contributed by atoms with Crippen LogP contribution in [0.15, 0.2) is 29.5 Å². The van der Waals surface area contributed by atoms with Gasteiger partial charge in [0.05, 0.1) is 5.69 Å². The molecule has 0 bridgehead atoms. The first-order chi connectivity index (χ1) is 12.0. The Kier molecular flexibility index (Phi) is 5.30. The van der Waals surface area contributed by atoms with Crippen LogP contribution in [0.5, 0.6) is 0 Å². The molecule has 25 heavy (non-hydrogen) atoms. The summed E-state index contributed by atoms with van der Waals surface area (Å²) in [5, 5.41) is 7.01. The number of pyridine rings is 1. The molecule has 5 heteroatoms. The minimum Gasteiger partial charge on any atom is -0.356 e. The summed E-state index contributed by atoms with van der Waals surface area (Å²) in [6.45, 7) is 7.67. The highest BCUT2D eigenvalue weighted by molar-refractivity contribution is 5.79. The molecule has 136 valence electrons. The van der Waals surface area contributed by atoms with Crippen molar-refractivity contribution in [3.63, 3.8) is 0 Å². The van der Waals surface area contributed by atoms with Gasteiger partial charge in [-0.1, -0.05) is 19.9 Å². The first kappa shape index (κ1) is 17.8. The van der Waals surface area contributed by atoms with Crippen molar-refractivity contribution in [2.45, 2.75) is 58.9 Å². The lowest BCUT2D eigenvalue weighted by atomic mass is 9.75. The number of hydrogen-bond acceptors (Lipinski definition) is 2. The largest absolute Gasteiger partial charge is 0.356 e. The second-order valence-electron chi connectivity index (χ2n) is 7.99. The summed E-state index contributed by atoms with van der Waals surface area (Å²) in [5.74, 6) is 0.907. The number of guanidine groups is 1. The normalized spacial score (nSPS) is 18.5. The Bertz CT molecular complexity index is 734. The van der Waals surface area contributed by atoms with Crippen LogP contribution in [0.25, 0.3) is 5.65 Å². The number of aliphatic imine (C=N–C) groups is 1. The van der Waals surface area contributed by atoms with Gasteiger partial charge in [0.1, 0.15) is 5.65 Å². The predicted octanol–water partition coefficient (Wildman–Crippen LogP) is 3.32. The Balaban J connectivity index is 1.49. The third kappa shape index (κ3) is 4.53. The first-order valence-corrected chi connectivity index (χ1v) is 9.37. The van der Waals surface area contributed by atoms with Crippen molar-refractivity contribution in [3.05, 3.63) is 35.8 Å². The van der Waals surface area contributed by atoms with E-state index < -0.39 is 0 Å². The Hall–Kier alpha value is -2.04. The molecule has 3 rings (SSSR count). The van der Waals surface area contributed by atoms with Gasteiger partial charge in [-0.3, -0.25) is 4.99 Å². The average molecular weight is 342 g/mol. The molecule has 1 aliphatic carbocycles. The van der Waals surface area contributed by atoms with Crippen LogP contribution in [-0.4, -0.2) is 35.0 Å². The molecule has 0 amide bonds. The van der Waals surface area contributed by atoms with E-state index in [4.69, 9.17) is 4.98 Å². The SMILES string of the molecule is CN=C(NCCc1cn2cccc(C)c2n1)NC1CCC(C)(C)CC1. The van der Waals surface area contributed by atoms with Gasteiger partial charge in [-0.25, -0.2) is 4.98 Å². The van der Waals surface area contributed by atoms with Crippen LogP contribution >= 0.6 is 0 Å². The van der Waals surface area contributed by atoms with Crippen LogP contribution in [0.4, 0.5) is 0 Å². The van der Waals surface area contributed by atoms with Gasteiger partial charge in [-0.2, -0.15) is 0 Å². The number of fused-ring (bicyclic) bond motifs is 1. The maximum atomic E-state index is 4.73. The lowest BCUT2D eigenvalue weighted by Gasteiger charge is -2.35. The zero-order chi connectivity index (χ0) is 17.9. The molecule has 1 aliphatic rings. The summed E-state index contributed by atoms with van der Waals surface area (Å²) >= 11 is 0. The molecule has 2 heterocycles. The standard InChI is InChI=1S/C20H31N5/c1-15-6-5-13-25-14-17(23-18(15)25)9-12-22-19(21-4)24-16-7-10-20(2,3)11-8-16/h5-6,13-14,16H,7-12H2,1-4H3,(H2,21,22,24). The van der Waals surface area contributed by atoms with Gasteiger partial charge in [0, 0.05) is 38.4 Å². The summed E-state index contributed by atoms with van der Waals surface area (Å²) in [6, 6.07) is 4.70. The molecule has 0 aromatic carbocycles. The molecule has 2 aromatic rings. The van der Waals surface area contributed by atoms with Gasteiger partial charge in [0.15, 0.2) is 5.96 Å². The van der Waals surface area contributed by atoms with Gasteiger partial charge in [-0.05, 0) is 49.7 Å². The maximum Gasteiger partial charge on any atom is 0.191 e. The van der Waals surface area contributed by atoms with Crippen LogP contribution in [0.3, 0.4) is 0 Å². The highest BCUT2D eigenvalue weighted by Crippen LogP contribution is 2.34. The fourth-order valence-corrected chi connectivity index (χ4v) is 3.57. The molecule has 0 radical (unpaired) electrons. The maximum absolute atomic E-state index is 4.73. The van der Waals surface area contributed by atoms with E-state index in [1.54, 1.807) is 0 Å².